The molecule has 1 atom stereocenters. The van der Waals surface area contributed by atoms with Crippen molar-refractivity contribution in [3.63, 3.8) is 0 Å². The quantitative estimate of drug-likeness (QED) is 0.656. The lowest BCUT2D eigenvalue weighted by Gasteiger charge is -2.26. The summed E-state index contributed by atoms with van der Waals surface area (Å²) in [5.41, 5.74) is 1.57. The molecular weight excluding hydrogens is 416 g/mol. The van der Waals surface area contributed by atoms with Gasteiger partial charge < -0.3 is 14.6 Å². The first-order chi connectivity index (χ1) is 10.5. The van der Waals surface area contributed by atoms with E-state index in [1.807, 2.05) is 42.5 Å². The van der Waals surface area contributed by atoms with Gasteiger partial charge in [-0.05, 0) is 56.1 Å². The predicted molar refractivity (Wildman–Crippen MR) is 88.7 cm³/mol. The summed E-state index contributed by atoms with van der Waals surface area (Å²) in [4.78, 5) is 10.9. The van der Waals surface area contributed by atoms with E-state index >= 15 is 0 Å². The molecule has 6 heteroatoms. The normalized spacial score (nSPS) is 16.3. The van der Waals surface area contributed by atoms with Crippen LogP contribution in [0.4, 0.5) is 4.79 Å². The van der Waals surface area contributed by atoms with E-state index in [-0.39, 0.29) is 5.76 Å². The van der Waals surface area contributed by atoms with Gasteiger partial charge in [-0.1, -0.05) is 24.3 Å². The van der Waals surface area contributed by atoms with Crippen LogP contribution in [0.1, 0.15) is 17.2 Å². The second-order valence-corrected chi connectivity index (χ2v) is 6.33. The first kappa shape index (κ1) is 15.1. The van der Waals surface area contributed by atoms with Gasteiger partial charge in [0.25, 0.3) is 0 Å². The summed E-state index contributed by atoms with van der Waals surface area (Å²) in [7, 11) is 0. The molecular formula is C16H10Br2O4. The minimum absolute atomic E-state index is 0.237. The third-order valence-electron chi connectivity index (χ3n) is 3.17. The summed E-state index contributed by atoms with van der Waals surface area (Å²) in [5, 5.41) is 8.94. The third kappa shape index (κ3) is 3.03. The van der Waals surface area contributed by atoms with E-state index in [1.54, 1.807) is 6.08 Å². The van der Waals surface area contributed by atoms with Crippen LogP contribution in [0.2, 0.25) is 0 Å². The molecule has 0 radical (unpaired) electrons. The Hall–Kier alpha value is -1.79. The lowest BCUT2D eigenvalue weighted by molar-refractivity contribution is 0.0899. The van der Waals surface area contributed by atoms with Crippen molar-refractivity contribution in [2.45, 2.75) is 6.10 Å². The smallest absolute Gasteiger partial charge is 0.477 e. The van der Waals surface area contributed by atoms with Crippen LogP contribution < -0.4 is 4.74 Å². The fraction of sp³-hybridized carbons (Fsp3) is 0.0625. The lowest BCUT2D eigenvalue weighted by atomic mass is 10.0. The van der Waals surface area contributed by atoms with E-state index in [0.29, 0.717) is 5.75 Å². The van der Waals surface area contributed by atoms with Crippen molar-refractivity contribution < 1.29 is 19.4 Å². The van der Waals surface area contributed by atoms with Crippen LogP contribution in [0.3, 0.4) is 0 Å². The fourth-order valence-corrected chi connectivity index (χ4v) is 2.86. The van der Waals surface area contributed by atoms with Gasteiger partial charge in [0, 0.05) is 20.1 Å². The molecule has 0 amide bonds. The van der Waals surface area contributed by atoms with Crippen LogP contribution in [0.5, 0.6) is 5.75 Å². The fourth-order valence-electron chi connectivity index (χ4n) is 2.21. The highest BCUT2D eigenvalue weighted by molar-refractivity contribution is 9.13. The van der Waals surface area contributed by atoms with Gasteiger partial charge in [0.05, 0.1) is 0 Å². The topological polar surface area (TPSA) is 55.8 Å². The summed E-state index contributed by atoms with van der Waals surface area (Å²) in [6, 6.07) is 13.0. The van der Waals surface area contributed by atoms with Crippen LogP contribution in [-0.4, -0.2) is 11.3 Å². The molecule has 1 aliphatic rings. The number of hydrogen-bond donors (Lipinski definition) is 1. The molecule has 2 aromatic carbocycles. The number of rotatable bonds is 2. The molecule has 112 valence electrons. The first-order valence-electron chi connectivity index (χ1n) is 6.37. The van der Waals surface area contributed by atoms with Gasteiger partial charge in [-0.2, -0.15) is 0 Å². The monoisotopic (exact) mass is 424 g/mol. The third-order valence-corrected chi connectivity index (χ3v) is 5.05. The summed E-state index contributed by atoms with van der Waals surface area (Å²) < 4.78 is 12.6. The van der Waals surface area contributed by atoms with Gasteiger partial charge in [-0.15, -0.1) is 0 Å². The predicted octanol–water partition coefficient (Wildman–Crippen LogP) is 5.38. The molecule has 4 nitrogen and oxygen atoms in total. The summed E-state index contributed by atoms with van der Waals surface area (Å²) in [6.07, 6.45) is -0.293. The summed E-state index contributed by atoms with van der Waals surface area (Å²) in [5.74, 6) is 0.921. The molecule has 1 unspecified atom stereocenters. The molecule has 1 aliphatic heterocycles. The first-order valence-corrected chi connectivity index (χ1v) is 7.96. The summed E-state index contributed by atoms with van der Waals surface area (Å²) in [6.45, 7) is 0. The average molecular weight is 426 g/mol. The van der Waals surface area contributed by atoms with Gasteiger partial charge in [0.1, 0.15) is 5.75 Å². The SMILES string of the molecule is O=C(O)OC1=Cc2ccccc2OC1c1ccc(Br)c(Br)c1. The van der Waals surface area contributed by atoms with Crippen molar-refractivity contribution in [2.75, 3.05) is 0 Å². The molecule has 0 bridgehead atoms. The van der Waals surface area contributed by atoms with Crippen LogP contribution in [0, 0.1) is 0 Å². The highest BCUT2D eigenvalue weighted by Gasteiger charge is 2.28. The van der Waals surface area contributed by atoms with Crippen molar-refractivity contribution in [1.29, 1.82) is 0 Å². The van der Waals surface area contributed by atoms with E-state index in [4.69, 9.17) is 14.6 Å². The zero-order valence-electron chi connectivity index (χ0n) is 11.1. The van der Waals surface area contributed by atoms with E-state index in [1.165, 1.54) is 0 Å². The Kier molecular flexibility index (Phi) is 4.22. The molecule has 3 rings (SSSR count). The highest BCUT2D eigenvalue weighted by Crippen LogP contribution is 2.39. The van der Waals surface area contributed by atoms with Crippen molar-refractivity contribution in [3.8, 4) is 5.75 Å². The molecule has 22 heavy (non-hydrogen) atoms. The Morgan fingerprint density at radius 2 is 1.91 bits per heavy atom. The average Bonchev–Trinajstić information content (AvgIpc) is 2.49. The van der Waals surface area contributed by atoms with Gasteiger partial charge in [-0.3, -0.25) is 0 Å². The maximum absolute atomic E-state index is 10.9. The zero-order chi connectivity index (χ0) is 15.7. The molecule has 2 aromatic rings. The second kappa shape index (κ2) is 6.14. The number of hydrogen-bond acceptors (Lipinski definition) is 3. The number of carboxylic acid groups (broad SMARTS) is 1. The molecule has 0 saturated heterocycles. The van der Waals surface area contributed by atoms with Gasteiger partial charge in [0.15, 0.2) is 11.9 Å². The van der Waals surface area contributed by atoms with Crippen LogP contribution >= 0.6 is 31.9 Å². The second-order valence-electron chi connectivity index (χ2n) is 4.62. The van der Waals surface area contributed by atoms with Crippen molar-refractivity contribution in [2.24, 2.45) is 0 Å². The molecule has 0 saturated carbocycles. The number of para-hydroxylation sites is 1. The molecule has 1 N–H and O–H groups in total. The maximum atomic E-state index is 10.9. The molecule has 0 aromatic heterocycles. The van der Waals surface area contributed by atoms with E-state index in [9.17, 15) is 4.79 Å². The van der Waals surface area contributed by atoms with Gasteiger partial charge in [-0.25, -0.2) is 4.79 Å². The lowest BCUT2D eigenvalue weighted by Crippen LogP contribution is -2.18. The van der Waals surface area contributed by atoms with Crippen molar-refractivity contribution in [1.82, 2.24) is 0 Å². The largest absolute Gasteiger partial charge is 0.511 e. The number of carbonyl (C=O) groups is 1. The summed E-state index contributed by atoms with van der Waals surface area (Å²) >= 11 is 6.84. The molecule has 1 heterocycles. The van der Waals surface area contributed by atoms with Gasteiger partial charge >= 0.3 is 6.16 Å². The maximum Gasteiger partial charge on any atom is 0.511 e. The number of halogens is 2. The van der Waals surface area contributed by atoms with Crippen LogP contribution in [-0.2, 0) is 4.74 Å². The molecule has 0 aliphatic carbocycles. The number of benzene rings is 2. The van der Waals surface area contributed by atoms with Crippen molar-refractivity contribution >= 4 is 44.1 Å². The Bertz CT molecular complexity index is 770. The Morgan fingerprint density at radius 3 is 2.64 bits per heavy atom. The highest BCUT2D eigenvalue weighted by atomic mass is 79.9. The van der Waals surface area contributed by atoms with E-state index < -0.39 is 12.3 Å². The van der Waals surface area contributed by atoms with Crippen LogP contribution in [0.15, 0.2) is 57.2 Å². The Labute approximate surface area is 143 Å². The Morgan fingerprint density at radius 1 is 1.14 bits per heavy atom. The molecule has 0 spiro atoms. The van der Waals surface area contributed by atoms with E-state index in [2.05, 4.69) is 31.9 Å². The van der Waals surface area contributed by atoms with E-state index in [0.717, 1.165) is 20.1 Å². The number of ether oxygens (including phenoxy) is 2. The Balaban J connectivity index is 2.05. The van der Waals surface area contributed by atoms with Crippen molar-refractivity contribution in [3.05, 3.63) is 68.3 Å². The van der Waals surface area contributed by atoms with Gasteiger partial charge in [0.2, 0.25) is 0 Å². The minimum atomic E-state index is -1.37. The van der Waals surface area contributed by atoms with Crippen LogP contribution in [0.25, 0.3) is 6.08 Å². The zero-order valence-corrected chi connectivity index (χ0v) is 14.3. The minimum Gasteiger partial charge on any atom is -0.477 e. The molecule has 0 fully saturated rings. The standard InChI is InChI=1S/C16H10Br2O4/c17-11-6-5-10(7-12(11)18)15-14(22-16(19)20)8-9-3-1-2-4-13(9)21-15/h1-8,15H,(H,19,20). The number of fused-ring (bicyclic) bond motifs is 1.